The molecule has 7 heteroatoms. The standard InChI is InChI=1S/C13H14N2O4S/c16-10-15(17)5-6-20(18,19)9-11-7-12-3-1-2-4-13(12)14-8-11/h1-4,7-8,10,17H,5-6,9H2. The maximum absolute atomic E-state index is 11.9. The summed E-state index contributed by atoms with van der Waals surface area (Å²) < 4.78 is 23.7. The summed E-state index contributed by atoms with van der Waals surface area (Å²) in [5.74, 6) is -0.466. The van der Waals surface area contributed by atoms with E-state index in [1.807, 2.05) is 24.3 Å². The fraction of sp³-hybridized carbons (Fsp3) is 0.231. The SMILES string of the molecule is O=CN(O)CCS(=O)(=O)Cc1cnc2ccccc2c1. The lowest BCUT2D eigenvalue weighted by atomic mass is 10.2. The number of pyridine rings is 1. The van der Waals surface area contributed by atoms with Crippen LogP contribution in [0.5, 0.6) is 0 Å². The van der Waals surface area contributed by atoms with Crippen LogP contribution in [0.1, 0.15) is 5.56 Å². The zero-order valence-corrected chi connectivity index (χ0v) is 11.5. The maximum atomic E-state index is 11.9. The average molecular weight is 294 g/mol. The van der Waals surface area contributed by atoms with Crippen molar-refractivity contribution in [2.24, 2.45) is 0 Å². The number of aromatic nitrogens is 1. The summed E-state index contributed by atoms with van der Waals surface area (Å²) in [5, 5.41) is 10.1. The number of sulfone groups is 1. The molecule has 2 rings (SSSR count). The van der Waals surface area contributed by atoms with Gasteiger partial charge in [-0.2, -0.15) is 0 Å². The number of benzene rings is 1. The minimum absolute atomic E-state index is 0.169. The van der Waals surface area contributed by atoms with Crippen molar-refractivity contribution < 1.29 is 18.4 Å². The molecule has 1 aromatic carbocycles. The van der Waals surface area contributed by atoms with Crippen molar-refractivity contribution in [2.45, 2.75) is 5.75 Å². The monoisotopic (exact) mass is 294 g/mol. The van der Waals surface area contributed by atoms with Crippen LogP contribution in [0.3, 0.4) is 0 Å². The van der Waals surface area contributed by atoms with E-state index in [2.05, 4.69) is 4.98 Å². The highest BCUT2D eigenvalue weighted by Crippen LogP contribution is 2.14. The molecule has 0 bridgehead atoms. The van der Waals surface area contributed by atoms with Crippen LogP contribution in [0.2, 0.25) is 0 Å². The molecular formula is C13H14N2O4S. The lowest BCUT2D eigenvalue weighted by Gasteiger charge is -2.09. The van der Waals surface area contributed by atoms with E-state index in [-0.39, 0.29) is 24.5 Å². The second-order valence-electron chi connectivity index (χ2n) is 4.40. The number of hydrogen-bond acceptors (Lipinski definition) is 5. The minimum Gasteiger partial charge on any atom is -0.286 e. The van der Waals surface area contributed by atoms with Gasteiger partial charge < -0.3 is 0 Å². The Kier molecular flexibility index (Phi) is 4.31. The number of amides is 1. The molecule has 106 valence electrons. The zero-order valence-electron chi connectivity index (χ0n) is 10.6. The highest BCUT2D eigenvalue weighted by atomic mass is 32.2. The highest BCUT2D eigenvalue weighted by Gasteiger charge is 2.14. The number of rotatable bonds is 6. The Labute approximate surface area is 116 Å². The molecule has 0 spiro atoms. The minimum atomic E-state index is -3.41. The number of carbonyl (C=O) groups is 1. The Morgan fingerprint density at radius 1 is 1.30 bits per heavy atom. The molecule has 0 saturated heterocycles. The summed E-state index contributed by atoms with van der Waals surface area (Å²) in [6, 6.07) is 9.20. The molecular weight excluding hydrogens is 280 g/mol. The number of fused-ring (bicyclic) bond motifs is 1. The van der Waals surface area contributed by atoms with Crippen molar-refractivity contribution in [3.8, 4) is 0 Å². The molecule has 0 saturated carbocycles. The van der Waals surface area contributed by atoms with Crippen molar-refractivity contribution >= 4 is 27.2 Å². The van der Waals surface area contributed by atoms with Crippen molar-refractivity contribution in [3.63, 3.8) is 0 Å². The van der Waals surface area contributed by atoms with Crippen molar-refractivity contribution in [1.29, 1.82) is 0 Å². The molecule has 0 fully saturated rings. The van der Waals surface area contributed by atoms with Gasteiger partial charge in [0.15, 0.2) is 9.84 Å². The largest absolute Gasteiger partial charge is 0.286 e. The topological polar surface area (TPSA) is 87.6 Å². The number of hydrogen-bond donors (Lipinski definition) is 1. The third-order valence-corrected chi connectivity index (χ3v) is 4.36. The smallest absolute Gasteiger partial charge is 0.233 e. The second-order valence-corrected chi connectivity index (χ2v) is 6.58. The summed E-state index contributed by atoms with van der Waals surface area (Å²) in [5.41, 5.74) is 1.38. The molecule has 0 radical (unpaired) electrons. The quantitative estimate of drug-likeness (QED) is 0.488. The fourth-order valence-electron chi connectivity index (χ4n) is 1.81. The first kappa shape index (κ1) is 14.4. The van der Waals surface area contributed by atoms with Gasteiger partial charge in [-0.3, -0.25) is 15.0 Å². The molecule has 1 heterocycles. The van der Waals surface area contributed by atoms with Crippen molar-refractivity contribution in [2.75, 3.05) is 12.3 Å². The normalized spacial score (nSPS) is 11.4. The Morgan fingerprint density at radius 3 is 2.80 bits per heavy atom. The van der Waals surface area contributed by atoms with Crippen LogP contribution in [0.15, 0.2) is 36.5 Å². The van der Waals surface area contributed by atoms with Crippen LogP contribution in [0.25, 0.3) is 10.9 Å². The predicted octanol–water partition coefficient (Wildman–Crippen LogP) is 0.997. The van der Waals surface area contributed by atoms with Crippen molar-refractivity contribution in [1.82, 2.24) is 10.0 Å². The molecule has 1 N–H and O–H groups in total. The molecule has 2 aromatic rings. The summed E-state index contributed by atoms with van der Waals surface area (Å²) in [4.78, 5) is 14.4. The van der Waals surface area contributed by atoms with Crippen LogP contribution < -0.4 is 0 Å². The maximum Gasteiger partial charge on any atom is 0.233 e. The number of hydroxylamine groups is 2. The highest BCUT2D eigenvalue weighted by molar-refractivity contribution is 7.90. The molecule has 0 aliphatic carbocycles. The van der Waals surface area contributed by atoms with Crippen LogP contribution in [0, 0.1) is 0 Å². The van der Waals surface area contributed by atoms with E-state index in [1.165, 1.54) is 6.20 Å². The third kappa shape index (κ3) is 3.75. The molecule has 1 aromatic heterocycles. The first-order valence-corrected chi connectivity index (χ1v) is 7.77. The van der Waals surface area contributed by atoms with E-state index < -0.39 is 9.84 Å². The van der Waals surface area contributed by atoms with Gasteiger partial charge in [-0.25, -0.2) is 13.5 Å². The number of carbonyl (C=O) groups excluding carboxylic acids is 1. The second kappa shape index (κ2) is 5.98. The molecule has 0 unspecified atom stereocenters. The van der Waals surface area contributed by atoms with E-state index >= 15 is 0 Å². The van der Waals surface area contributed by atoms with E-state index in [4.69, 9.17) is 5.21 Å². The first-order valence-electron chi connectivity index (χ1n) is 5.95. The van der Waals surface area contributed by atoms with Crippen LogP contribution in [-0.2, 0) is 20.4 Å². The van der Waals surface area contributed by atoms with Gasteiger partial charge in [0.2, 0.25) is 6.41 Å². The molecule has 6 nitrogen and oxygen atoms in total. The molecule has 0 aliphatic rings. The van der Waals surface area contributed by atoms with Gasteiger partial charge in [-0.1, -0.05) is 18.2 Å². The van der Waals surface area contributed by atoms with Gasteiger partial charge in [0.1, 0.15) is 0 Å². The van der Waals surface area contributed by atoms with Gasteiger partial charge in [-0.15, -0.1) is 0 Å². The summed E-state index contributed by atoms with van der Waals surface area (Å²) in [7, 11) is -3.41. The molecule has 20 heavy (non-hydrogen) atoms. The first-order chi connectivity index (χ1) is 9.50. The van der Waals surface area contributed by atoms with Gasteiger partial charge in [0.25, 0.3) is 0 Å². The Morgan fingerprint density at radius 2 is 2.05 bits per heavy atom. The third-order valence-electron chi connectivity index (χ3n) is 2.79. The summed E-state index contributed by atoms with van der Waals surface area (Å²) in [6.45, 7) is -0.243. The van der Waals surface area contributed by atoms with E-state index in [1.54, 1.807) is 6.07 Å². The average Bonchev–Trinajstić information content (AvgIpc) is 2.44. The molecule has 0 atom stereocenters. The molecule has 1 amide bonds. The van der Waals surface area contributed by atoms with Crippen LogP contribution >= 0.6 is 0 Å². The number of para-hydroxylation sites is 1. The van der Waals surface area contributed by atoms with Gasteiger partial charge >= 0.3 is 0 Å². The van der Waals surface area contributed by atoms with E-state index in [0.29, 0.717) is 10.6 Å². The Hall–Kier alpha value is -1.99. The summed E-state index contributed by atoms with van der Waals surface area (Å²) >= 11 is 0. The van der Waals surface area contributed by atoms with Crippen molar-refractivity contribution in [3.05, 3.63) is 42.1 Å². The van der Waals surface area contributed by atoms with E-state index in [9.17, 15) is 13.2 Å². The lowest BCUT2D eigenvalue weighted by Crippen LogP contribution is -2.25. The van der Waals surface area contributed by atoms with Crippen LogP contribution in [0.4, 0.5) is 0 Å². The lowest BCUT2D eigenvalue weighted by molar-refractivity contribution is -0.148. The Balaban J connectivity index is 2.12. The fourth-order valence-corrected chi connectivity index (χ4v) is 3.08. The number of nitrogens with zero attached hydrogens (tertiary/aromatic N) is 2. The molecule has 0 aliphatic heterocycles. The summed E-state index contributed by atoms with van der Waals surface area (Å²) in [6.07, 6.45) is 1.70. The Bertz CT molecular complexity index is 715. The predicted molar refractivity (Wildman–Crippen MR) is 73.8 cm³/mol. The van der Waals surface area contributed by atoms with Crippen LogP contribution in [-0.4, -0.2) is 42.4 Å². The van der Waals surface area contributed by atoms with Gasteiger partial charge in [0, 0.05) is 11.6 Å². The van der Waals surface area contributed by atoms with Gasteiger partial charge in [0.05, 0.1) is 23.6 Å². The zero-order chi connectivity index (χ0) is 14.6. The van der Waals surface area contributed by atoms with Gasteiger partial charge in [-0.05, 0) is 17.7 Å². The van der Waals surface area contributed by atoms with E-state index in [0.717, 1.165) is 10.9 Å².